The highest BCUT2D eigenvalue weighted by Gasteiger charge is 2.30. The molecule has 0 spiro atoms. The number of halogens is 3. The maximum Gasteiger partial charge on any atom is 0.423 e. The molecule has 4 heteroatoms. The second kappa shape index (κ2) is 4.88. The minimum Gasteiger partial charge on any atom is -0.295 e. The zero-order chi connectivity index (χ0) is 13.1. The fourth-order valence-electron chi connectivity index (χ4n) is 1.01. The van der Waals surface area contributed by atoms with Crippen molar-refractivity contribution >= 4 is 5.78 Å². The highest BCUT2D eigenvalue weighted by Crippen LogP contribution is 2.23. The number of Topliss-reactive ketones (excluding diaryl/α,β-unsaturated/α-hetero) is 1. The zero-order valence-corrected chi connectivity index (χ0v) is 9.06. The summed E-state index contributed by atoms with van der Waals surface area (Å²) in [4.78, 5) is 11.0. The average Bonchev–Trinajstić information content (AvgIpc) is 2.25. The van der Waals surface area contributed by atoms with Crippen molar-refractivity contribution in [2.24, 2.45) is 0 Å². The molecule has 0 aromatic heterocycles. The van der Waals surface area contributed by atoms with Crippen LogP contribution in [0.2, 0.25) is 0 Å². The Hall–Kier alpha value is -2.02. The van der Waals surface area contributed by atoms with Crippen LogP contribution in [0.4, 0.5) is 13.2 Å². The number of ketones is 1. The van der Waals surface area contributed by atoms with Crippen LogP contribution in [-0.4, -0.2) is 12.0 Å². The molecule has 1 nitrogen and oxygen atoms in total. The fourth-order valence-corrected chi connectivity index (χ4v) is 1.01. The number of benzene rings is 1. The molecule has 0 aliphatic rings. The molecule has 0 amide bonds. The largest absolute Gasteiger partial charge is 0.423 e. The number of alkyl halides is 3. The molecule has 0 radical (unpaired) electrons. The Morgan fingerprint density at radius 3 is 2.18 bits per heavy atom. The van der Waals surface area contributed by atoms with Gasteiger partial charge in [0.2, 0.25) is 0 Å². The van der Waals surface area contributed by atoms with Crippen LogP contribution < -0.4 is 0 Å². The van der Waals surface area contributed by atoms with E-state index < -0.39 is 11.7 Å². The van der Waals surface area contributed by atoms with Gasteiger partial charge in [-0.25, -0.2) is 0 Å². The van der Waals surface area contributed by atoms with Crippen molar-refractivity contribution in [3.05, 3.63) is 47.5 Å². The van der Waals surface area contributed by atoms with Gasteiger partial charge in [-0.2, -0.15) is 13.2 Å². The molecule has 1 aromatic rings. The Kier molecular flexibility index (Phi) is 3.74. The molecule has 0 aliphatic carbocycles. The smallest absolute Gasteiger partial charge is 0.295 e. The van der Waals surface area contributed by atoms with E-state index in [2.05, 4.69) is 12.5 Å². The first-order valence-corrected chi connectivity index (χ1v) is 4.70. The molecule has 1 aromatic carbocycles. The summed E-state index contributed by atoms with van der Waals surface area (Å²) >= 11 is 0. The third-order valence-electron chi connectivity index (χ3n) is 1.99. The number of rotatable bonds is 1. The second-order valence-corrected chi connectivity index (χ2v) is 3.36. The van der Waals surface area contributed by atoms with E-state index in [0.29, 0.717) is 11.1 Å². The summed E-state index contributed by atoms with van der Waals surface area (Å²) in [5, 5.41) is 0. The van der Waals surface area contributed by atoms with Crippen molar-refractivity contribution in [3.63, 3.8) is 0 Å². The van der Waals surface area contributed by atoms with E-state index >= 15 is 0 Å². The summed E-state index contributed by atoms with van der Waals surface area (Å²) in [6, 6.07) is 6.02. The summed E-state index contributed by atoms with van der Waals surface area (Å²) in [6.07, 6.45) is -4.49. The Labute approximate surface area is 97.0 Å². The molecule has 17 heavy (non-hydrogen) atoms. The van der Waals surface area contributed by atoms with Gasteiger partial charge >= 0.3 is 6.18 Å². The molecule has 0 saturated carbocycles. The predicted molar refractivity (Wildman–Crippen MR) is 58.5 cm³/mol. The van der Waals surface area contributed by atoms with Crippen LogP contribution in [0.1, 0.15) is 22.8 Å². The van der Waals surface area contributed by atoms with E-state index in [4.69, 9.17) is 0 Å². The standard InChI is InChI=1S/C13H9F3O/c1-9(13(14,15)16)3-4-11-5-7-12(8-6-11)10(2)17/h5-8H,1H2,2H3. The van der Waals surface area contributed by atoms with E-state index in [1.54, 1.807) is 0 Å². The third-order valence-corrected chi connectivity index (χ3v) is 1.99. The summed E-state index contributed by atoms with van der Waals surface area (Å²) in [5.74, 6) is 4.16. The number of carbonyl (C=O) groups excluding carboxylic acids is 1. The minimum absolute atomic E-state index is 0.107. The van der Waals surface area contributed by atoms with Gasteiger partial charge in [-0.3, -0.25) is 4.79 Å². The first-order valence-electron chi connectivity index (χ1n) is 4.70. The van der Waals surface area contributed by atoms with Gasteiger partial charge in [0.25, 0.3) is 0 Å². The number of hydrogen-bond acceptors (Lipinski definition) is 1. The number of carbonyl (C=O) groups is 1. The quantitative estimate of drug-likeness (QED) is 0.541. The molecule has 88 valence electrons. The molecule has 0 aliphatic heterocycles. The van der Waals surface area contributed by atoms with E-state index in [1.807, 2.05) is 5.92 Å². The summed E-state index contributed by atoms with van der Waals surface area (Å²) in [5.41, 5.74) is -0.196. The summed E-state index contributed by atoms with van der Waals surface area (Å²) in [7, 11) is 0. The Bertz CT molecular complexity index is 498. The summed E-state index contributed by atoms with van der Waals surface area (Å²) < 4.78 is 36.2. The van der Waals surface area contributed by atoms with Crippen molar-refractivity contribution in [1.82, 2.24) is 0 Å². The van der Waals surface area contributed by atoms with Crippen LogP contribution in [0, 0.1) is 11.8 Å². The van der Waals surface area contributed by atoms with Gasteiger partial charge in [-0.05, 0) is 19.1 Å². The first-order chi connectivity index (χ1) is 7.80. The van der Waals surface area contributed by atoms with E-state index in [0.717, 1.165) is 0 Å². The maximum atomic E-state index is 12.1. The highest BCUT2D eigenvalue weighted by atomic mass is 19.4. The minimum atomic E-state index is -4.49. The maximum absolute atomic E-state index is 12.1. The lowest BCUT2D eigenvalue weighted by Crippen LogP contribution is -2.08. The molecular weight excluding hydrogens is 229 g/mol. The number of allylic oxidation sites excluding steroid dienone is 1. The zero-order valence-electron chi connectivity index (χ0n) is 9.06. The van der Waals surface area contributed by atoms with Gasteiger partial charge < -0.3 is 0 Å². The van der Waals surface area contributed by atoms with Crippen LogP contribution in [0.25, 0.3) is 0 Å². The molecule has 0 saturated heterocycles. The topological polar surface area (TPSA) is 17.1 Å². The molecular formula is C13H9F3O. The van der Waals surface area contributed by atoms with Crippen LogP contribution in [0.5, 0.6) is 0 Å². The third kappa shape index (κ3) is 3.80. The van der Waals surface area contributed by atoms with Crippen LogP contribution in [0.3, 0.4) is 0 Å². The molecule has 0 bridgehead atoms. The number of hydrogen-bond donors (Lipinski definition) is 0. The van der Waals surface area contributed by atoms with Gasteiger partial charge in [-0.1, -0.05) is 30.6 Å². The van der Waals surface area contributed by atoms with Crippen LogP contribution in [-0.2, 0) is 0 Å². The van der Waals surface area contributed by atoms with Crippen molar-refractivity contribution in [3.8, 4) is 11.8 Å². The molecule has 0 fully saturated rings. The van der Waals surface area contributed by atoms with Crippen molar-refractivity contribution < 1.29 is 18.0 Å². The Morgan fingerprint density at radius 2 is 1.76 bits per heavy atom. The van der Waals surface area contributed by atoms with Crippen molar-refractivity contribution in [2.45, 2.75) is 13.1 Å². The molecule has 0 atom stereocenters. The van der Waals surface area contributed by atoms with Gasteiger partial charge in [-0.15, -0.1) is 0 Å². The van der Waals surface area contributed by atoms with Gasteiger partial charge in [0.15, 0.2) is 5.78 Å². The SMILES string of the molecule is C=C(C#Cc1ccc(C(C)=O)cc1)C(F)(F)F. The normalized spacial score (nSPS) is 10.4. The molecule has 0 N–H and O–H groups in total. The van der Waals surface area contributed by atoms with Crippen LogP contribution in [0.15, 0.2) is 36.4 Å². The van der Waals surface area contributed by atoms with E-state index in [-0.39, 0.29) is 5.78 Å². The lowest BCUT2D eigenvalue weighted by molar-refractivity contribution is -0.0868. The first kappa shape index (κ1) is 13.0. The van der Waals surface area contributed by atoms with E-state index in [1.165, 1.54) is 31.2 Å². The van der Waals surface area contributed by atoms with Gasteiger partial charge in [0, 0.05) is 11.1 Å². The lowest BCUT2D eigenvalue weighted by Gasteiger charge is -2.01. The van der Waals surface area contributed by atoms with Crippen molar-refractivity contribution in [2.75, 3.05) is 0 Å². The van der Waals surface area contributed by atoms with Crippen molar-refractivity contribution in [1.29, 1.82) is 0 Å². The van der Waals surface area contributed by atoms with Gasteiger partial charge in [0.1, 0.15) is 0 Å². The monoisotopic (exact) mass is 238 g/mol. The van der Waals surface area contributed by atoms with E-state index in [9.17, 15) is 18.0 Å². The molecule has 0 unspecified atom stereocenters. The highest BCUT2D eigenvalue weighted by molar-refractivity contribution is 5.94. The predicted octanol–water partition coefficient (Wildman–Crippen LogP) is 3.36. The lowest BCUT2D eigenvalue weighted by atomic mass is 10.1. The molecule has 0 heterocycles. The Balaban J connectivity index is 2.87. The van der Waals surface area contributed by atoms with Gasteiger partial charge in [0.05, 0.1) is 5.57 Å². The Morgan fingerprint density at radius 1 is 1.24 bits per heavy atom. The fraction of sp³-hybridized carbons (Fsp3) is 0.154. The van der Waals surface area contributed by atoms with Crippen LogP contribution >= 0.6 is 0 Å². The molecule has 1 rings (SSSR count). The second-order valence-electron chi connectivity index (χ2n) is 3.36. The average molecular weight is 238 g/mol. The summed E-state index contributed by atoms with van der Waals surface area (Å²) in [6.45, 7) is 4.24.